The molecule has 1 rings (SSSR count). The van der Waals surface area contributed by atoms with Crippen molar-refractivity contribution in [1.82, 2.24) is 9.62 Å². The number of piperidine rings is 1. The van der Waals surface area contributed by atoms with Crippen LogP contribution in [0.15, 0.2) is 0 Å². The van der Waals surface area contributed by atoms with Crippen LogP contribution in [0.5, 0.6) is 0 Å². The summed E-state index contributed by atoms with van der Waals surface area (Å²) in [4.78, 5) is 11.9. The van der Waals surface area contributed by atoms with Crippen LogP contribution in [0.4, 0.5) is 0 Å². The maximum absolute atomic E-state index is 11.9. The molecule has 7 heteroatoms. The zero-order valence-corrected chi connectivity index (χ0v) is 12.0. The number of ether oxygens (including phenoxy) is 1. The van der Waals surface area contributed by atoms with E-state index in [1.165, 1.54) is 10.6 Å². The second-order valence-electron chi connectivity index (χ2n) is 4.80. The Morgan fingerprint density at radius 2 is 2.00 bits per heavy atom. The van der Waals surface area contributed by atoms with Gasteiger partial charge in [0.25, 0.3) is 0 Å². The molecule has 1 N–H and O–H groups in total. The Morgan fingerprint density at radius 1 is 1.44 bits per heavy atom. The molecule has 1 aliphatic rings. The molecular formula is C11H22N2O4S. The van der Waals surface area contributed by atoms with Crippen LogP contribution in [0, 0.1) is 5.92 Å². The van der Waals surface area contributed by atoms with Gasteiger partial charge in [-0.2, -0.15) is 0 Å². The number of nitrogens with zero attached hydrogens (tertiary/aromatic N) is 1. The van der Waals surface area contributed by atoms with Crippen molar-refractivity contribution in [2.45, 2.75) is 25.8 Å². The lowest BCUT2D eigenvalue weighted by molar-refractivity contribution is -0.127. The topological polar surface area (TPSA) is 75.7 Å². The van der Waals surface area contributed by atoms with E-state index in [1.54, 1.807) is 7.11 Å². The first-order valence-corrected chi connectivity index (χ1v) is 7.94. The van der Waals surface area contributed by atoms with E-state index in [4.69, 9.17) is 4.74 Å². The molecule has 18 heavy (non-hydrogen) atoms. The van der Waals surface area contributed by atoms with Gasteiger partial charge in [-0.1, -0.05) is 0 Å². The van der Waals surface area contributed by atoms with Gasteiger partial charge in [0.05, 0.1) is 12.9 Å². The molecule has 6 nitrogen and oxygen atoms in total. The third-order valence-electron chi connectivity index (χ3n) is 3.10. The first kappa shape index (κ1) is 15.4. The Hall–Kier alpha value is -0.660. The Labute approximate surface area is 109 Å². The van der Waals surface area contributed by atoms with E-state index in [2.05, 4.69) is 5.32 Å². The summed E-state index contributed by atoms with van der Waals surface area (Å²) in [6, 6.07) is -0.0181. The molecule has 0 aromatic carbocycles. The van der Waals surface area contributed by atoms with Crippen molar-refractivity contribution in [3.05, 3.63) is 0 Å². The van der Waals surface area contributed by atoms with Crippen molar-refractivity contribution >= 4 is 15.9 Å². The van der Waals surface area contributed by atoms with Crippen LogP contribution in [0.3, 0.4) is 0 Å². The lowest BCUT2D eigenvalue weighted by Crippen LogP contribution is -2.45. The first-order chi connectivity index (χ1) is 8.34. The minimum atomic E-state index is -3.13. The van der Waals surface area contributed by atoms with E-state index in [0.717, 1.165) is 0 Å². The Bertz CT molecular complexity index is 375. The van der Waals surface area contributed by atoms with Gasteiger partial charge in [-0.25, -0.2) is 12.7 Å². The molecular weight excluding hydrogens is 256 g/mol. The third-order valence-corrected chi connectivity index (χ3v) is 4.40. The predicted octanol–water partition coefficient (Wildman–Crippen LogP) is -0.191. The van der Waals surface area contributed by atoms with E-state index in [1.807, 2.05) is 6.92 Å². The lowest BCUT2D eigenvalue weighted by Gasteiger charge is -2.30. The Kier molecular flexibility index (Phi) is 5.55. The van der Waals surface area contributed by atoms with E-state index >= 15 is 0 Å². The molecule has 1 saturated heterocycles. The maximum atomic E-state index is 11.9. The molecule has 1 fully saturated rings. The molecule has 0 aromatic heterocycles. The highest BCUT2D eigenvalue weighted by Gasteiger charge is 2.29. The van der Waals surface area contributed by atoms with Gasteiger partial charge in [0.15, 0.2) is 0 Å². The number of carbonyl (C=O) groups excluding carboxylic acids is 1. The van der Waals surface area contributed by atoms with Crippen LogP contribution < -0.4 is 5.32 Å². The molecule has 0 spiro atoms. The van der Waals surface area contributed by atoms with Crippen LogP contribution in [-0.4, -0.2) is 57.7 Å². The molecule has 1 amide bonds. The third kappa shape index (κ3) is 4.55. The minimum absolute atomic E-state index is 0.00676. The van der Waals surface area contributed by atoms with E-state index in [9.17, 15) is 13.2 Å². The van der Waals surface area contributed by atoms with Gasteiger partial charge in [-0.05, 0) is 19.8 Å². The van der Waals surface area contributed by atoms with Crippen LogP contribution >= 0.6 is 0 Å². The average Bonchev–Trinajstić information content (AvgIpc) is 2.28. The van der Waals surface area contributed by atoms with E-state index in [0.29, 0.717) is 32.5 Å². The van der Waals surface area contributed by atoms with Gasteiger partial charge < -0.3 is 10.1 Å². The van der Waals surface area contributed by atoms with Gasteiger partial charge in [0.1, 0.15) is 0 Å². The summed E-state index contributed by atoms with van der Waals surface area (Å²) in [7, 11) is -1.53. The number of sulfonamides is 1. The Balaban J connectivity index is 2.41. The standard InChI is InChI=1S/C11H22N2O4S/c1-9(8-17-2)12-11(14)10-4-6-13(7-5-10)18(3,15)16/h9-10H,4-8H2,1-3H3,(H,12,14). The summed E-state index contributed by atoms with van der Waals surface area (Å²) in [6.07, 6.45) is 2.37. The fourth-order valence-electron chi connectivity index (χ4n) is 2.10. The van der Waals surface area contributed by atoms with Gasteiger partial charge in [-0.15, -0.1) is 0 Å². The summed E-state index contributed by atoms with van der Waals surface area (Å²) in [6.45, 7) is 3.21. The average molecular weight is 278 g/mol. The fourth-order valence-corrected chi connectivity index (χ4v) is 2.98. The smallest absolute Gasteiger partial charge is 0.223 e. The van der Waals surface area contributed by atoms with Crippen LogP contribution in [0.25, 0.3) is 0 Å². The number of carbonyl (C=O) groups is 1. The number of hydrogen-bond donors (Lipinski definition) is 1. The number of hydrogen-bond acceptors (Lipinski definition) is 4. The number of rotatable bonds is 5. The fraction of sp³-hybridized carbons (Fsp3) is 0.909. The lowest BCUT2D eigenvalue weighted by atomic mass is 9.97. The summed E-state index contributed by atoms with van der Waals surface area (Å²) in [5.41, 5.74) is 0. The SMILES string of the molecule is COCC(C)NC(=O)C1CCN(S(C)(=O)=O)CC1. The molecule has 106 valence electrons. The molecule has 1 aliphatic heterocycles. The van der Waals surface area contributed by atoms with Gasteiger partial charge >= 0.3 is 0 Å². The van der Waals surface area contributed by atoms with Crippen molar-refractivity contribution in [3.63, 3.8) is 0 Å². The van der Waals surface area contributed by atoms with E-state index < -0.39 is 10.0 Å². The largest absolute Gasteiger partial charge is 0.383 e. The van der Waals surface area contributed by atoms with Crippen molar-refractivity contribution in [2.24, 2.45) is 5.92 Å². The normalized spacial score (nSPS) is 20.6. The van der Waals surface area contributed by atoms with E-state index in [-0.39, 0.29) is 17.9 Å². The molecule has 1 heterocycles. The summed E-state index contributed by atoms with van der Waals surface area (Å²) in [5.74, 6) is -0.102. The van der Waals surface area contributed by atoms with Gasteiger partial charge in [-0.3, -0.25) is 4.79 Å². The van der Waals surface area contributed by atoms with Gasteiger partial charge in [0, 0.05) is 32.2 Å². The minimum Gasteiger partial charge on any atom is -0.383 e. The number of nitrogens with one attached hydrogen (secondary N) is 1. The molecule has 0 radical (unpaired) electrons. The summed E-state index contributed by atoms with van der Waals surface area (Å²) < 4.78 is 29.0. The van der Waals surface area contributed by atoms with Crippen LogP contribution in [0.1, 0.15) is 19.8 Å². The zero-order valence-electron chi connectivity index (χ0n) is 11.2. The molecule has 1 unspecified atom stereocenters. The number of methoxy groups -OCH3 is 1. The highest BCUT2D eigenvalue weighted by molar-refractivity contribution is 7.88. The zero-order chi connectivity index (χ0) is 13.8. The van der Waals surface area contributed by atoms with Crippen molar-refractivity contribution < 1.29 is 17.9 Å². The van der Waals surface area contributed by atoms with Gasteiger partial charge in [0.2, 0.25) is 15.9 Å². The monoisotopic (exact) mass is 278 g/mol. The highest BCUT2D eigenvalue weighted by atomic mass is 32.2. The number of amides is 1. The van der Waals surface area contributed by atoms with Crippen molar-refractivity contribution in [2.75, 3.05) is 33.1 Å². The quantitative estimate of drug-likeness (QED) is 0.756. The summed E-state index contributed by atoms with van der Waals surface area (Å²) in [5, 5.41) is 2.87. The second-order valence-corrected chi connectivity index (χ2v) is 6.78. The molecule has 1 atom stereocenters. The highest BCUT2D eigenvalue weighted by Crippen LogP contribution is 2.19. The molecule has 0 aliphatic carbocycles. The first-order valence-electron chi connectivity index (χ1n) is 6.09. The van der Waals surface area contributed by atoms with Crippen LogP contribution in [0.2, 0.25) is 0 Å². The maximum Gasteiger partial charge on any atom is 0.223 e. The van der Waals surface area contributed by atoms with Crippen molar-refractivity contribution in [1.29, 1.82) is 0 Å². The predicted molar refractivity (Wildman–Crippen MR) is 68.6 cm³/mol. The van der Waals surface area contributed by atoms with Crippen molar-refractivity contribution in [3.8, 4) is 0 Å². The summed E-state index contributed by atoms with van der Waals surface area (Å²) >= 11 is 0. The molecule has 0 bridgehead atoms. The Morgan fingerprint density at radius 3 is 2.44 bits per heavy atom. The molecule has 0 saturated carbocycles. The van der Waals surface area contributed by atoms with Crippen LogP contribution in [-0.2, 0) is 19.6 Å². The molecule has 0 aromatic rings. The second kappa shape index (κ2) is 6.49.